The second kappa shape index (κ2) is 9.43. The number of ether oxygens (including phenoxy) is 1. The van der Waals surface area contributed by atoms with Crippen LogP contribution in [-0.4, -0.2) is 24.7 Å². The maximum absolute atomic E-state index is 6.22. The molecule has 1 heterocycles. The molecule has 0 saturated carbocycles. The van der Waals surface area contributed by atoms with Crippen LogP contribution in [0.25, 0.3) is 0 Å². The third-order valence-electron chi connectivity index (χ3n) is 6.15. The lowest BCUT2D eigenvalue weighted by Gasteiger charge is -2.26. The smallest absolute Gasteiger partial charge is 0.216 e. The van der Waals surface area contributed by atoms with Crippen LogP contribution in [0, 0.1) is 0 Å². The Morgan fingerprint density at radius 1 is 0.758 bits per heavy atom. The molecule has 2 nitrogen and oxygen atoms in total. The summed E-state index contributed by atoms with van der Waals surface area (Å²) >= 11 is 0. The van der Waals surface area contributed by atoms with E-state index in [0.29, 0.717) is 6.61 Å². The largest absolute Gasteiger partial charge is 0.475 e. The highest BCUT2D eigenvalue weighted by Gasteiger charge is 2.27. The van der Waals surface area contributed by atoms with Crippen molar-refractivity contribution in [3.63, 3.8) is 0 Å². The average molecular weight is 458 g/mol. The Balaban J connectivity index is 1.65. The van der Waals surface area contributed by atoms with Gasteiger partial charge < -0.3 is 4.74 Å². The van der Waals surface area contributed by atoms with Gasteiger partial charge in [-0.2, -0.15) is 0 Å². The molecule has 0 amide bonds. The summed E-state index contributed by atoms with van der Waals surface area (Å²) in [5, 5.41) is 2.79. The molecule has 0 spiro atoms. The highest BCUT2D eigenvalue weighted by atomic mass is 31.1. The lowest BCUT2D eigenvalue weighted by Crippen LogP contribution is -2.21. The van der Waals surface area contributed by atoms with E-state index >= 15 is 0 Å². The first-order valence-corrected chi connectivity index (χ1v) is 13.4. The Morgan fingerprint density at radius 3 is 1.70 bits per heavy atom. The van der Waals surface area contributed by atoms with Gasteiger partial charge in [0.2, 0.25) is 5.90 Å². The van der Waals surface area contributed by atoms with Crippen LogP contribution in [0.3, 0.4) is 0 Å². The van der Waals surface area contributed by atoms with Crippen molar-refractivity contribution in [1.82, 2.24) is 0 Å². The van der Waals surface area contributed by atoms with Gasteiger partial charge in [-0.25, -0.2) is 4.99 Å². The third-order valence-corrected chi connectivity index (χ3v) is 8.78. The van der Waals surface area contributed by atoms with E-state index in [-0.39, 0.29) is 16.9 Å². The van der Waals surface area contributed by atoms with Gasteiger partial charge in [0.05, 0.1) is 6.04 Å². The van der Waals surface area contributed by atoms with E-state index in [1.807, 2.05) is 0 Å². The van der Waals surface area contributed by atoms with Crippen molar-refractivity contribution in [2.75, 3.05) is 12.8 Å². The normalized spacial score (nSPS) is 16.6. The molecule has 3 heteroatoms. The van der Waals surface area contributed by atoms with Gasteiger partial charge in [-0.05, 0) is 52.6 Å². The molecule has 0 bridgehead atoms. The topological polar surface area (TPSA) is 21.6 Å². The summed E-state index contributed by atoms with van der Waals surface area (Å²) in [6.45, 7) is 14.3. The van der Waals surface area contributed by atoms with E-state index in [9.17, 15) is 0 Å². The molecule has 0 fully saturated rings. The van der Waals surface area contributed by atoms with Crippen molar-refractivity contribution in [2.24, 2.45) is 4.99 Å². The molecule has 4 rings (SSSR count). The molecule has 1 aliphatic heterocycles. The second-order valence-electron chi connectivity index (χ2n) is 11.0. The van der Waals surface area contributed by atoms with Crippen LogP contribution in [0.15, 0.2) is 83.9 Å². The van der Waals surface area contributed by atoms with Crippen molar-refractivity contribution in [3.05, 3.63) is 95.6 Å². The summed E-state index contributed by atoms with van der Waals surface area (Å²) in [7, 11) is -0.486. The summed E-state index contributed by atoms with van der Waals surface area (Å²) in [4.78, 5) is 5.11. The average Bonchev–Trinajstić information content (AvgIpc) is 3.26. The van der Waals surface area contributed by atoms with Gasteiger partial charge in [-0.15, -0.1) is 0 Å². The standard InChI is InChI=1S/C30H36NOP/c1-29(2,3)23-17-22(18-24(19-23)30(4,5)6)28-31-25(20-32-28)21-33(26-13-9-7-10-14-26)27-15-11-8-12-16-27/h7-19,25H,20-21H2,1-6H3/t25-/m0/s1. The van der Waals surface area contributed by atoms with Crippen molar-refractivity contribution < 1.29 is 4.74 Å². The zero-order valence-electron chi connectivity index (χ0n) is 20.8. The summed E-state index contributed by atoms with van der Waals surface area (Å²) in [6.07, 6.45) is 0.998. The fourth-order valence-electron chi connectivity index (χ4n) is 4.07. The summed E-state index contributed by atoms with van der Waals surface area (Å²) in [6, 6.07) is 28.8. The SMILES string of the molecule is CC(C)(C)c1cc(C2=N[C@H](CP(c3ccccc3)c3ccccc3)CO2)cc(C(C)(C)C)c1. The fraction of sp³-hybridized carbons (Fsp3) is 0.367. The summed E-state index contributed by atoms with van der Waals surface area (Å²) in [5.41, 5.74) is 3.91. The van der Waals surface area contributed by atoms with E-state index < -0.39 is 7.92 Å². The Morgan fingerprint density at radius 2 is 1.24 bits per heavy atom. The zero-order chi connectivity index (χ0) is 23.6. The lowest BCUT2D eigenvalue weighted by molar-refractivity contribution is 0.325. The van der Waals surface area contributed by atoms with E-state index in [1.165, 1.54) is 21.7 Å². The van der Waals surface area contributed by atoms with E-state index in [1.54, 1.807) is 0 Å². The molecule has 0 radical (unpaired) electrons. The Hall–Kier alpha value is -2.44. The molecular formula is C30H36NOP. The fourth-order valence-corrected chi connectivity index (χ4v) is 6.46. The van der Waals surface area contributed by atoms with Crippen LogP contribution < -0.4 is 10.6 Å². The molecule has 3 aromatic carbocycles. The van der Waals surface area contributed by atoms with Gasteiger partial charge in [0, 0.05) is 11.7 Å². The third kappa shape index (κ3) is 5.74. The lowest BCUT2D eigenvalue weighted by atomic mass is 9.79. The van der Waals surface area contributed by atoms with Gasteiger partial charge >= 0.3 is 0 Å². The molecule has 0 unspecified atom stereocenters. The highest BCUT2D eigenvalue weighted by molar-refractivity contribution is 7.73. The van der Waals surface area contributed by atoms with Gasteiger partial charge in [-0.1, -0.05) is 108 Å². The molecule has 172 valence electrons. The molecule has 0 N–H and O–H groups in total. The van der Waals surface area contributed by atoms with E-state index in [2.05, 4.69) is 120 Å². The number of hydrogen-bond acceptors (Lipinski definition) is 2. The predicted molar refractivity (Wildman–Crippen MR) is 144 cm³/mol. The minimum Gasteiger partial charge on any atom is -0.475 e. The van der Waals surface area contributed by atoms with E-state index in [4.69, 9.17) is 9.73 Å². The summed E-state index contributed by atoms with van der Waals surface area (Å²) in [5.74, 6) is 0.799. The number of aliphatic imine (C=N–C) groups is 1. The van der Waals surface area contributed by atoms with Crippen LogP contribution in [0.2, 0.25) is 0 Å². The van der Waals surface area contributed by atoms with Gasteiger partial charge in [0.25, 0.3) is 0 Å². The molecule has 0 saturated heterocycles. The molecular weight excluding hydrogens is 421 g/mol. The molecule has 0 aromatic heterocycles. The first-order valence-electron chi connectivity index (χ1n) is 11.9. The maximum Gasteiger partial charge on any atom is 0.216 e. The van der Waals surface area contributed by atoms with Crippen LogP contribution >= 0.6 is 7.92 Å². The Bertz CT molecular complexity index is 1040. The van der Waals surface area contributed by atoms with E-state index in [0.717, 1.165) is 17.6 Å². The number of nitrogens with zero attached hydrogens (tertiary/aromatic N) is 1. The van der Waals surface area contributed by atoms with Crippen LogP contribution in [0.1, 0.15) is 58.2 Å². The summed E-state index contributed by atoms with van der Waals surface area (Å²) < 4.78 is 6.22. The van der Waals surface area contributed by atoms with Crippen molar-refractivity contribution >= 4 is 24.4 Å². The molecule has 3 aromatic rings. The van der Waals surface area contributed by atoms with Gasteiger partial charge in [0.1, 0.15) is 6.61 Å². The number of hydrogen-bond donors (Lipinski definition) is 0. The minimum absolute atomic E-state index is 0.0729. The van der Waals surface area contributed by atoms with Crippen LogP contribution in [0.4, 0.5) is 0 Å². The second-order valence-corrected chi connectivity index (χ2v) is 13.2. The minimum atomic E-state index is -0.486. The first-order chi connectivity index (χ1) is 15.6. The zero-order valence-corrected chi connectivity index (χ0v) is 21.7. The highest BCUT2D eigenvalue weighted by Crippen LogP contribution is 2.36. The number of benzene rings is 3. The quantitative estimate of drug-likeness (QED) is 0.398. The predicted octanol–water partition coefficient (Wildman–Crippen LogP) is 6.56. The van der Waals surface area contributed by atoms with Gasteiger partial charge in [0.15, 0.2) is 0 Å². The Labute approximate surface area is 200 Å². The first kappa shape index (κ1) is 23.7. The monoisotopic (exact) mass is 457 g/mol. The van der Waals surface area contributed by atoms with Crippen molar-refractivity contribution in [3.8, 4) is 0 Å². The van der Waals surface area contributed by atoms with Crippen molar-refractivity contribution in [2.45, 2.75) is 58.4 Å². The Kier molecular flexibility index (Phi) is 6.78. The molecule has 0 aliphatic carbocycles. The van der Waals surface area contributed by atoms with Gasteiger partial charge in [-0.3, -0.25) is 0 Å². The molecule has 1 aliphatic rings. The molecule has 1 atom stereocenters. The van der Waals surface area contributed by atoms with Crippen LogP contribution in [0.5, 0.6) is 0 Å². The number of rotatable bonds is 5. The van der Waals surface area contributed by atoms with Crippen molar-refractivity contribution in [1.29, 1.82) is 0 Å². The van der Waals surface area contributed by atoms with Crippen LogP contribution in [-0.2, 0) is 15.6 Å². The maximum atomic E-state index is 6.22. The molecule has 33 heavy (non-hydrogen) atoms.